The fraction of sp³-hybridized carbons (Fsp3) is 0.250. The van der Waals surface area contributed by atoms with E-state index in [1.165, 1.54) is 12.1 Å². The largest absolute Gasteiger partial charge is 0.481 e. The molecule has 2 aromatic carbocycles. The highest BCUT2D eigenvalue weighted by molar-refractivity contribution is 6.04. The van der Waals surface area contributed by atoms with Crippen molar-refractivity contribution in [2.45, 2.75) is 25.6 Å². The SMILES string of the molecule is Cc1cccc(C(=O)Nc2ccc(C(=O)NNC(=O)[C@H]3[C@@H](C(=O)O)[C@H]4C=C[C@@]3(C)O4)cc2)c1. The topological polar surface area (TPSA) is 134 Å². The maximum absolute atomic E-state index is 12.7. The van der Waals surface area contributed by atoms with E-state index in [0.717, 1.165) is 5.56 Å². The monoisotopic (exact) mass is 449 g/mol. The molecule has 1 fully saturated rings. The molecule has 0 unspecified atom stereocenters. The normalized spacial score (nSPS) is 24.8. The molecule has 170 valence electrons. The fourth-order valence-corrected chi connectivity index (χ4v) is 4.24. The number of nitrogens with one attached hydrogen (secondary N) is 3. The highest BCUT2D eigenvalue weighted by Gasteiger charge is 2.59. The Kier molecular flexibility index (Phi) is 5.73. The van der Waals surface area contributed by atoms with E-state index >= 15 is 0 Å². The molecule has 0 aromatic heterocycles. The van der Waals surface area contributed by atoms with Gasteiger partial charge in [-0.3, -0.25) is 30.0 Å². The standard InChI is InChI=1S/C24H23N3O6/c1-13-4-3-5-15(12-13)20(28)25-16-8-6-14(7-9-16)21(29)26-27-22(30)19-18(23(31)32)17-10-11-24(19,2)33-17/h3-12,17-19H,1-2H3,(H,25,28)(H,26,29)(H,27,30)(H,31,32)/t17-,18+,19-,24-/m1/s1. The molecule has 2 aliphatic heterocycles. The fourth-order valence-electron chi connectivity index (χ4n) is 4.24. The number of carbonyl (C=O) groups excluding carboxylic acids is 3. The summed E-state index contributed by atoms with van der Waals surface area (Å²) in [4.78, 5) is 49.1. The molecule has 2 heterocycles. The molecule has 2 aromatic rings. The van der Waals surface area contributed by atoms with Crippen molar-refractivity contribution >= 4 is 29.4 Å². The number of amides is 3. The molecule has 0 saturated carbocycles. The number of anilines is 1. The van der Waals surface area contributed by atoms with Gasteiger partial charge in [-0.15, -0.1) is 0 Å². The molecule has 9 heteroatoms. The molecule has 9 nitrogen and oxygen atoms in total. The minimum atomic E-state index is -1.14. The predicted octanol–water partition coefficient (Wildman–Crippen LogP) is 2.05. The summed E-state index contributed by atoms with van der Waals surface area (Å²) in [5, 5.41) is 12.2. The van der Waals surface area contributed by atoms with Crippen molar-refractivity contribution < 1.29 is 29.0 Å². The maximum Gasteiger partial charge on any atom is 0.310 e. The van der Waals surface area contributed by atoms with Crippen LogP contribution < -0.4 is 16.2 Å². The predicted molar refractivity (Wildman–Crippen MR) is 118 cm³/mol. The number of carboxylic acid groups (broad SMARTS) is 1. The van der Waals surface area contributed by atoms with E-state index in [4.69, 9.17) is 4.74 Å². The van der Waals surface area contributed by atoms with Crippen LogP contribution in [0.1, 0.15) is 33.2 Å². The van der Waals surface area contributed by atoms with Crippen molar-refractivity contribution in [3.05, 3.63) is 77.4 Å². The molecule has 0 radical (unpaired) electrons. The van der Waals surface area contributed by atoms with Crippen molar-refractivity contribution in [3.8, 4) is 0 Å². The Hall–Kier alpha value is -3.98. The van der Waals surface area contributed by atoms with Crippen molar-refractivity contribution in [2.24, 2.45) is 11.8 Å². The van der Waals surface area contributed by atoms with Crippen LogP contribution in [0.15, 0.2) is 60.7 Å². The molecule has 4 N–H and O–H groups in total. The average Bonchev–Trinajstić information content (AvgIpc) is 3.31. The van der Waals surface area contributed by atoms with Crippen LogP contribution in [0.4, 0.5) is 5.69 Å². The summed E-state index contributed by atoms with van der Waals surface area (Å²) in [6, 6.07) is 13.3. The minimum Gasteiger partial charge on any atom is -0.481 e. The van der Waals surface area contributed by atoms with Gasteiger partial charge in [0.25, 0.3) is 11.8 Å². The first-order valence-corrected chi connectivity index (χ1v) is 10.4. The summed E-state index contributed by atoms with van der Waals surface area (Å²) in [7, 11) is 0. The summed E-state index contributed by atoms with van der Waals surface area (Å²) in [6.45, 7) is 3.54. The molecule has 2 aliphatic rings. The minimum absolute atomic E-state index is 0.244. The number of fused-ring (bicyclic) bond motifs is 2. The molecule has 33 heavy (non-hydrogen) atoms. The van der Waals surface area contributed by atoms with Crippen LogP contribution in [0.5, 0.6) is 0 Å². The number of rotatable bonds is 5. The molecule has 0 aliphatic carbocycles. The van der Waals surface area contributed by atoms with Crippen LogP contribution in [-0.4, -0.2) is 40.5 Å². The van der Waals surface area contributed by atoms with Crippen molar-refractivity contribution in [3.63, 3.8) is 0 Å². The van der Waals surface area contributed by atoms with E-state index in [2.05, 4.69) is 16.2 Å². The van der Waals surface area contributed by atoms with Crippen LogP contribution in [0.2, 0.25) is 0 Å². The summed E-state index contributed by atoms with van der Waals surface area (Å²) in [5.74, 6) is -4.66. The lowest BCUT2D eigenvalue weighted by atomic mass is 9.76. The Labute approximate surface area is 189 Å². The van der Waals surface area contributed by atoms with Crippen molar-refractivity contribution in [1.29, 1.82) is 0 Å². The zero-order valence-corrected chi connectivity index (χ0v) is 18.0. The third-order valence-electron chi connectivity index (χ3n) is 5.89. The Morgan fingerprint density at radius 3 is 2.36 bits per heavy atom. The lowest BCUT2D eigenvalue weighted by Crippen LogP contribution is -2.52. The summed E-state index contributed by atoms with van der Waals surface area (Å²) >= 11 is 0. The molecular formula is C24H23N3O6. The van der Waals surface area contributed by atoms with Gasteiger partial charge >= 0.3 is 5.97 Å². The van der Waals surface area contributed by atoms with E-state index in [9.17, 15) is 24.3 Å². The third kappa shape index (κ3) is 4.35. The number of hydrogen-bond acceptors (Lipinski definition) is 5. The van der Waals surface area contributed by atoms with Gasteiger partial charge in [-0.25, -0.2) is 0 Å². The van der Waals surface area contributed by atoms with E-state index in [0.29, 0.717) is 11.3 Å². The second-order valence-corrected chi connectivity index (χ2v) is 8.31. The zero-order chi connectivity index (χ0) is 23.8. The molecule has 0 spiro atoms. The smallest absolute Gasteiger partial charge is 0.310 e. The third-order valence-corrected chi connectivity index (χ3v) is 5.89. The van der Waals surface area contributed by atoms with E-state index in [1.807, 2.05) is 13.0 Å². The Balaban J connectivity index is 1.35. The second kappa shape index (κ2) is 8.51. The molecular weight excluding hydrogens is 426 g/mol. The number of ether oxygens (including phenoxy) is 1. The van der Waals surface area contributed by atoms with Crippen molar-refractivity contribution in [2.75, 3.05) is 5.32 Å². The average molecular weight is 449 g/mol. The van der Waals surface area contributed by atoms with Gasteiger partial charge in [-0.2, -0.15) is 0 Å². The number of aliphatic carboxylic acids is 1. The second-order valence-electron chi connectivity index (χ2n) is 8.31. The highest BCUT2D eigenvalue weighted by Crippen LogP contribution is 2.46. The Morgan fingerprint density at radius 2 is 1.70 bits per heavy atom. The van der Waals surface area contributed by atoms with E-state index < -0.39 is 41.3 Å². The summed E-state index contributed by atoms with van der Waals surface area (Å²) in [6.07, 6.45) is 2.63. The molecule has 1 saturated heterocycles. The Morgan fingerprint density at radius 1 is 0.970 bits per heavy atom. The van der Waals surface area contributed by atoms with Crippen LogP contribution in [0.3, 0.4) is 0 Å². The van der Waals surface area contributed by atoms with Gasteiger partial charge in [0, 0.05) is 16.8 Å². The highest BCUT2D eigenvalue weighted by atomic mass is 16.5. The first kappa shape index (κ1) is 22.2. The van der Waals surface area contributed by atoms with Gasteiger partial charge in [0.05, 0.1) is 17.6 Å². The van der Waals surface area contributed by atoms with E-state index in [1.54, 1.807) is 49.4 Å². The van der Waals surface area contributed by atoms with Gasteiger partial charge in [-0.1, -0.05) is 29.8 Å². The van der Waals surface area contributed by atoms with Crippen LogP contribution in [0.25, 0.3) is 0 Å². The summed E-state index contributed by atoms with van der Waals surface area (Å²) < 4.78 is 5.64. The van der Waals surface area contributed by atoms with Gasteiger partial charge in [0.1, 0.15) is 5.92 Å². The molecule has 2 bridgehead atoms. The number of carbonyl (C=O) groups is 4. The van der Waals surface area contributed by atoms with Gasteiger partial charge in [0.2, 0.25) is 5.91 Å². The number of hydrazine groups is 1. The van der Waals surface area contributed by atoms with E-state index in [-0.39, 0.29) is 11.5 Å². The van der Waals surface area contributed by atoms with Crippen molar-refractivity contribution in [1.82, 2.24) is 10.9 Å². The Bertz CT molecular complexity index is 1160. The van der Waals surface area contributed by atoms with Crippen LogP contribution >= 0.6 is 0 Å². The molecule has 4 atom stereocenters. The number of aryl methyl sites for hydroxylation is 1. The van der Waals surface area contributed by atoms with Gasteiger partial charge in [-0.05, 0) is 50.2 Å². The summed E-state index contributed by atoms with van der Waals surface area (Å²) in [5.41, 5.74) is 5.81. The number of carboxylic acids is 1. The van der Waals surface area contributed by atoms with Gasteiger partial charge in [0.15, 0.2) is 0 Å². The molecule has 3 amide bonds. The van der Waals surface area contributed by atoms with Gasteiger partial charge < -0.3 is 15.2 Å². The number of benzene rings is 2. The maximum atomic E-state index is 12.7. The zero-order valence-electron chi connectivity index (χ0n) is 18.0. The first-order valence-electron chi connectivity index (χ1n) is 10.4. The first-order chi connectivity index (χ1) is 15.7. The van der Waals surface area contributed by atoms with Crippen LogP contribution in [0, 0.1) is 18.8 Å². The lowest BCUT2D eigenvalue weighted by molar-refractivity contribution is -0.147. The molecule has 4 rings (SSSR count). The number of hydrogen-bond donors (Lipinski definition) is 4. The lowest BCUT2D eigenvalue weighted by Gasteiger charge is -2.27. The quantitative estimate of drug-likeness (QED) is 0.408. The van der Waals surface area contributed by atoms with Crippen LogP contribution in [-0.2, 0) is 14.3 Å².